The second-order valence-corrected chi connectivity index (χ2v) is 9.14. The molecule has 4 rings (SSSR count). The van der Waals surface area contributed by atoms with Gasteiger partial charge in [0.2, 0.25) is 0 Å². The van der Waals surface area contributed by atoms with Gasteiger partial charge in [0.25, 0.3) is 11.7 Å². The van der Waals surface area contributed by atoms with E-state index in [0.29, 0.717) is 11.1 Å². The molecule has 7 nitrogen and oxygen atoms in total. The van der Waals surface area contributed by atoms with E-state index in [9.17, 15) is 23.1 Å². The molecule has 2 atom stereocenters. The molecular formula is C20H18N2O5S. The van der Waals surface area contributed by atoms with Gasteiger partial charge >= 0.3 is 0 Å². The predicted molar refractivity (Wildman–Crippen MR) is 102 cm³/mol. The Morgan fingerprint density at radius 3 is 2.46 bits per heavy atom. The fourth-order valence-corrected chi connectivity index (χ4v) is 5.55. The predicted octanol–water partition coefficient (Wildman–Crippen LogP) is 1.69. The first kappa shape index (κ1) is 18.4. The Labute approximate surface area is 162 Å². The van der Waals surface area contributed by atoms with Crippen LogP contribution in [0.5, 0.6) is 0 Å². The molecule has 1 N–H and O–H groups in total. The van der Waals surface area contributed by atoms with Crippen LogP contribution in [0.25, 0.3) is 5.76 Å². The Kier molecular flexibility index (Phi) is 4.50. The first-order chi connectivity index (χ1) is 13.4. The van der Waals surface area contributed by atoms with Crippen LogP contribution in [0.1, 0.15) is 23.6 Å². The molecule has 28 heavy (non-hydrogen) atoms. The van der Waals surface area contributed by atoms with Gasteiger partial charge in [0.15, 0.2) is 9.84 Å². The second-order valence-electron chi connectivity index (χ2n) is 6.92. The summed E-state index contributed by atoms with van der Waals surface area (Å²) in [6.07, 6.45) is 3.34. The van der Waals surface area contributed by atoms with E-state index in [1.165, 1.54) is 11.1 Å². The Hall–Kier alpha value is -3.00. The lowest BCUT2D eigenvalue weighted by Gasteiger charge is -2.29. The van der Waals surface area contributed by atoms with Crippen molar-refractivity contribution in [1.82, 2.24) is 9.88 Å². The molecule has 1 amide bonds. The normalized spacial score (nSPS) is 25.9. The van der Waals surface area contributed by atoms with Crippen molar-refractivity contribution in [2.45, 2.75) is 18.5 Å². The number of carbonyl (C=O) groups excluding carboxylic acids is 2. The third-order valence-electron chi connectivity index (χ3n) is 5.13. The molecule has 8 heteroatoms. The monoisotopic (exact) mass is 398 g/mol. The van der Waals surface area contributed by atoms with E-state index in [1.807, 2.05) is 0 Å². The second kappa shape index (κ2) is 6.87. The molecular weight excluding hydrogens is 380 g/mol. The fourth-order valence-electron chi connectivity index (χ4n) is 3.84. The Morgan fingerprint density at radius 2 is 1.86 bits per heavy atom. The van der Waals surface area contributed by atoms with E-state index in [-0.39, 0.29) is 29.3 Å². The highest BCUT2D eigenvalue weighted by atomic mass is 32.2. The Morgan fingerprint density at radius 1 is 1.11 bits per heavy atom. The number of amides is 1. The Bertz CT molecular complexity index is 1060. The number of hydrogen-bond acceptors (Lipinski definition) is 6. The summed E-state index contributed by atoms with van der Waals surface area (Å²) < 4.78 is 23.9. The fraction of sp³-hybridized carbons (Fsp3) is 0.250. The lowest BCUT2D eigenvalue weighted by atomic mass is 9.96. The largest absolute Gasteiger partial charge is 0.507 e. The van der Waals surface area contributed by atoms with Gasteiger partial charge in [0.05, 0.1) is 23.1 Å². The van der Waals surface area contributed by atoms with E-state index >= 15 is 0 Å². The van der Waals surface area contributed by atoms with Crippen LogP contribution < -0.4 is 0 Å². The number of Topliss-reactive ketones (excluding diaryl/α,β-unsaturated/α-hetero) is 1. The zero-order valence-electron chi connectivity index (χ0n) is 14.9. The van der Waals surface area contributed by atoms with Gasteiger partial charge in [-0.3, -0.25) is 14.6 Å². The summed E-state index contributed by atoms with van der Waals surface area (Å²) in [7, 11) is -3.27. The highest BCUT2D eigenvalue weighted by Gasteiger charge is 2.50. The molecule has 2 aliphatic heterocycles. The van der Waals surface area contributed by atoms with Crippen molar-refractivity contribution < 1.29 is 23.1 Å². The molecule has 0 radical (unpaired) electrons. The standard InChI is InChI=1S/C20H18N2O5S/c23-18(13-5-2-1-3-6-13)16-17(14-7-4-9-21-11-14)22(20(25)19(16)24)15-8-10-28(26,27)12-15/h1-7,9,11,15,17,23H,8,10,12H2/b18-16+/t15-,17+/m0/s1. The van der Waals surface area contributed by atoms with Gasteiger partial charge < -0.3 is 10.0 Å². The van der Waals surface area contributed by atoms with E-state index in [1.54, 1.807) is 48.7 Å². The van der Waals surface area contributed by atoms with Crippen molar-refractivity contribution in [3.63, 3.8) is 0 Å². The minimum absolute atomic E-state index is 0.0287. The average molecular weight is 398 g/mol. The molecule has 0 bridgehead atoms. The molecule has 1 aromatic carbocycles. The van der Waals surface area contributed by atoms with Crippen LogP contribution in [0.4, 0.5) is 0 Å². The topological polar surface area (TPSA) is 105 Å². The number of aliphatic hydroxyl groups is 1. The van der Waals surface area contributed by atoms with Crippen molar-refractivity contribution in [2.75, 3.05) is 11.5 Å². The van der Waals surface area contributed by atoms with Gasteiger partial charge in [0, 0.05) is 24.0 Å². The number of pyridine rings is 1. The maximum absolute atomic E-state index is 12.9. The molecule has 1 aromatic heterocycles. The van der Waals surface area contributed by atoms with Crippen LogP contribution in [-0.2, 0) is 19.4 Å². The number of likely N-dealkylation sites (tertiary alicyclic amines) is 1. The maximum atomic E-state index is 12.9. The third-order valence-corrected chi connectivity index (χ3v) is 6.88. The molecule has 2 aromatic rings. The smallest absolute Gasteiger partial charge is 0.295 e. The van der Waals surface area contributed by atoms with Crippen molar-refractivity contribution >= 4 is 27.3 Å². The molecule has 0 spiro atoms. The molecule has 2 aliphatic rings. The van der Waals surface area contributed by atoms with Crippen LogP contribution in [0.15, 0.2) is 60.4 Å². The summed E-state index contributed by atoms with van der Waals surface area (Å²) >= 11 is 0. The quantitative estimate of drug-likeness (QED) is 0.479. The zero-order valence-corrected chi connectivity index (χ0v) is 15.7. The number of benzene rings is 1. The number of carbonyl (C=O) groups is 2. The highest BCUT2D eigenvalue weighted by Crippen LogP contribution is 2.41. The van der Waals surface area contributed by atoms with Crippen LogP contribution in [0.2, 0.25) is 0 Å². The van der Waals surface area contributed by atoms with Gasteiger partial charge in [-0.05, 0) is 18.1 Å². The van der Waals surface area contributed by atoms with Gasteiger partial charge in [-0.2, -0.15) is 0 Å². The van der Waals surface area contributed by atoms with Crippen molar-refractivity contribution in [2.24, 2.45) is 0 Å². The lowest BCUT2D eigenvalue weighted by molar-refractivity contribution is -0.141. The van der Waals surface area contributed by atoms with Crippen LogP contribution in [-0.4, -0.2) is 52.6 Å². The summed E-state index contributed by atoms with van der Waals surface area (Å²) in [4.78, 5) is 31.1. The summed E-state index contributed by atoms with van der Waals surface area (Å²) in [5.74, 6) is -2.12. The number of rotatable bonds is 3. The number of sulfone groups is 1. The van der Waals surface area contributed by atoms with Gasteiger partial charge in [-0.15, -0.1) is 0 Å². The minimum atomic E-state index is -3.27. The van der Waals surface area contributed by atoms with Crippen LogP contribution >= 0.6 is 0 Å². The number of ketones is 1. The maximum Gasteiger partial charge on any atom is 0.295 e. The molecule has 3 heterocycles. The first-order valence-electron chi connectivity index (χ1n) is 8.85. The van der Waals surface area contributed by atoms with E-state index < -0.39 is 33.6 Å². The van der Waals surface area contributed by atoms with E-state index in [2.05, 4.69) is 4.98 Å². The van der Waals surface area contributed by atoms with Gasteiger partial charge in [0.1, 0.15) is 5.76 Å². The first-order valence-corrected chi connectivity index (χ1v) is 10.7. The number of hydrogen-bond donors (Lipinski definition) is 1. The molecule has 2 saturated heterocycles. The number of aliphatic hydroxyl groups excluding tert-OH is 1. The summed E-state index contributed by atoms with van der Waals surface area (Å²) in [6, 6.07) is 10.4. The SMILES string of the molecule is O=C1C(=O)N([C@H]2CCS(=O)(=O)C2)[C@H](c2cccnc2)/C1=C(\O)c1ccccc1. The van der Waals surface area contributed by atoms with Crippen molar-refractivity contribution in [3.8, 4) is 0 Å². The number of nitrogens with zero attached hydrogens (tertiary/aromatic N) is 2. The van der Waals surface area contributed by atoms with E-state index in [0.717, 1.165) is 0 Å². The zero-order chi connectivity index (χ0) is 19.9. The van der Waals surface area contributed by atoms with Crippen LogP contribution in [0, 0.1) is 0 Å². The Balaban J connectivity index is 1.88. The van der Waals surface area contributed by atoms with Gasteiger partial charge in [-0.1, -0.05) is 36.4 Å². The molecule has 144 valence electrons. The highest BCUT2D eigenvalue weighted by molar-refractivity contribution is 7.91. The minimum Gasteiger partial charge on any atom is -0.507 e. The molecule has 2 fully saturated rings. The third kappa shape index (κ3) is 3.09. The van der Waals surface area contributed by atoms with Crippen LogP contribution in [0.3, 0.4) is 0 Å². The average Bonchev–Trinajstić information content (AvgIpc) is 3.19. The lowest BCUT2D eigenvalue weighted by Crippen LogP contribution is -2.40. The van der Waals surface area contributed by atoms with Crippen molar-refractivity contribution in [3.05, 3.63) is 71.6 Å². The molecule has 0 saturated carbocycles. The number of aromatic nitrogens is 1. The molecule has 0 unspecified atom stereocenters. The van der Waals surface area contributed by atoms with Gasteiger partial charge in [-0.25, -0.2) is 8.42 Å². The summed E-state index contributed by atoms with van der Waals surface area (Å²) in [5, 5.41) is 10.8. The summed E-state index contributed by atoms with van der Waals surface area (Å²) in [5.41, 5.74) is 0.908. The molecule has 0 aliphatic carbocycles. The van der Waals surface area contributed by atoms with Crippen molar-refractivity contribution in [1.29, 1.82) is 0 Å². The van der Waals surface area contributed by atoms with E-state index in [4.69, 9.17) is 0 Å². The summed E-state index contributed by atoms with van der Waals surface area (Å²) in [6.45, 7) is 0.